The molecule has 2 amide bonds. The van der Waals surface area contributed by atoms with Crippen molar-refractivity contribution in [3.8, 4) is 0 Å². The second-order valence-corrected chi connectivity index (χ2v) is 4.55. The molecule has 0 saturated carbocycles. The summed E-state index contributed by atoms with van der Waals surface area (Å²) < 4.78 is 0. The van der Waals surface area contributed by atoms with Gasteiger partial charge in [-0.3, -0.25) is 14.4 Å². The normalized spacial score (nSPS) is 13.4. The maximum absolute atomic E-state index is 11.5. The standard InChI is InChI=1S/C11H19N3O6/c1-5(2)9(11(19)20)14-7(15)4-13-10(18)6(12)3-8(16)17/h5-6,9H,3-4,12H2,1-2H3,(H,13,18)(H,14,15)(H,16,17)(H,19,20). The van der Waals surface area contributed by atoms with E-state index in [0.29, 0.717) is 0 Å². The van der Waals surface area contributed by atoms with Gasteiger partial charge in [0, 0.05) is 0 Å². The first-order valence-corrected chi connectivity index (χ1v) is 5.92. The van der Waals surface area contributed by atoms with E-state index in [9.17, 15) is 19.2 Å². The molecule has 20 heavy (non-hydrogen) atoms. The first kappa shape index (κ1) is 17.8. The Balaban J connectivity index is 4.25. The highest BCUT2D eigenvalue weighted by Crippen LogP contribution is 2.01. The second-order valence-electron chi connectivity index (χ2n) is 4.55. The molecule has 0 aromatic carbocycles. The molecular formula is C11H19N3O6. The van der Waals surface area contributed by atoms with Crippen LogP contribution in [0.25, 0.3) is 0 Å². The zero-order valence-electron chi connectivity index (χ0n) is 11.3. The van der Waals surface area contributed by atoms with E-state index in [2.05, 4.69) is 10.6 Å². The molecule has 0 aromatic rings. The molecule has 0 aliphatic carbocycles. The number of nitrogens with one attached hydrogen (secondary N) is 2. The van der Waals surface area contributed by atoms with Crippen LogP contribution in [0.4, 0.5) is 0 Å². The molecule has 0 aliphatic rings. The topological polar surface area (TPSA) is 159 Å². The molecule has 0 heterocycles. The first-order valence-electron chi connectivity index (χ1n) is 5.92. The molecule has 0 saturated heterocycles. The lowest BCUT2D eigenvalue weighted by Crippen LogP contribution is -2.50. The summed E-state index contributed by atoms with van der Waals surface area (Å²) in [5.41, 5.74) is 5.28. The van der Waals surface area contributed by atoms with Gasteiger partial charge in [-0.05, 0) is 5.92 Å². The average Bonchev–Trinajstić information content (AvgIpc) is 2.31. The summed E-state index contributed by atoms with van der Waals surface area (Å²) in [6, 6.07) is -2.33. The van der Waals surface area contributed by atoms with Crippen LogP contribution in [0.3, 0.4) is 0 Å². The fraction of sp³-hybridized carbons (Fsp3) is 0.636. The number of hydrogen-bond acceptors (Lipinski definition) is 5. The Hall–Kier alpha value is -2.16. The monoisotopic (exact) mass is 289 g/mol. The van der Waals surface area contributed by atoms with Crippen LogP contribution in [0.2, 0.25) is 0 Å². The van der Waals surface area contributed by atoms with Crippen molar-refractivity contribution < 1.29 is 29.4 Å². The fourth-order valence-corrected chi connectivity index (χ4v) is 1.32. The van der Waals surface area contributed by atoms with Gasteiger partial charge in [-0.2, -0.15) is 0 Å². The number of carboxylic acids is 2. The number of carbonyl (C=O) groups is 4. The smallest absolute Gasteiger partial charge is 0.326 e. The van der Waals surface area contributed by atoms with Crippen LogP contribution in [-0.2, 0) is 19.2 Å². The fourth-order valence-electron chi connectivity index (χ4n) is 1.32. The van der Waals surface area contributed by atoms with E-state index < -0.39 is 48.8 Å². The molecule has 0 bridgehead atoms. The van der Waals surface area contributed by atoms with Crippen molar-refractivity contribution in [3.63, 3.8) is 0 Å². The van der Waals surface area contributed by atoms with Crippen LogP contribution in [0.5, 0.6) is 0 Å². The third-order valence-corrected chi connectivity index (χ3v) is 2.40. The summed E-state index contributed by atoms with van der Waals surface area (Å²) in [5, 5.41) is 21.7. The van der Waals surface area contributed by atoms with Crippen LogP contribution in [0.1, 0.15) is 20.3 Å². The minimum absolute atomic E-state index is 0.318. The Kier molecular flexibility index (Phi) is 7.22. The summed E-state index contributed by atoms with van der Waals surface area (Å²) in [7, 11) is 0. The van der Waals surface area contributed by atoms with Crippen LogP contribution < -0.4 is 16.4 Å². The lowest BCUT2D eigenvalue weighted by molar-refractivity contribution is -0.143. The number of hydrogen-bond donors (Lipinski definition) is 5. The molecule has 0 rings (SSSR count). The van der Waals surface area contributed by atoms with Crippen molar-refractivity contribution in [2.75, 3.05) is 6.54 Å². The van der Waals surface area contributed by atoms with E-state index in [-0.39, 0.29) is 5.92 Å². The van der Waals surface area contributed by atoms with Crippen molar-refractivity contribution >= 4 is 23.8 Å². The van der Waals surface area contributed by atoms with Crippen molar-refractivity contribution in [1.29, 1.82) is 0 Å². The van der Waals surface area contributed by atoms with Gasteiger partial charge in [-0.15, -0.1) is 0 Å². The lowest BCUT2D eigenvalue weighted by Gasteiger charge is -2.18. The van der Waals surface area contributed by atoms with E-state index in [1.54, 1.807) is 13.8 Å². The minimum atomic E-state index is -1.26. The zero-order valence-corrected chi connectivity index (χ0v) is 11.3. The first-order chi connectivity index (χ1) is 9.15. The SMILES string of the molecule is CC(C)C(NC(=O)CNC(=O)C(N)CC(=O)O)C(=O)O. The van der Waals surface area contributed by atoms with Crippen LogP contribution in [-0.4, -0.2) is 52.6 Å². The number of aliphatic carboxylic acids is 2. The molecule has 6 N–H and O–H groups in total. The maximum atomic E-state index is 11.5. The van der Waals surface area contributed by atoms with E-state index in [4.69, 9.17) is 15.9 Å². The second kappa shape index (κ2) is 8.10. The number of carboxylic acid groups (broad SMARTS) is 2. The van der Waals surface area contributed by atoms with E-state index in [1.807, 2.05) is 0 Å². The Bertz CT molecular complexity index is 396. The van der Waals surface area contributed by atoms with Gasteiger partial charge in [0.25, 0.3) is 0 Å². The Morgan fingerprint density at radius 3 is 2.10 bits per heavy atom. The third-order valence-electron chi connectivity index (χ3n) is 2.40. The third kappa shape index (κ3) is 6.69. The van der Waals surface area contributed by atoms with Gasteiger partial charge in [0.05, 0.1) is 19.0 Å². The Morgan fingerprint density at radius 1 is 1.15 bits per heavy atom. The lowest BCUT2D eigenvalue weighted by atomic mass is 10.1. The molecule has 0 radical (unpaired) electrons. The highest BCUT2D eigenvalue weighted by atomic mass is 16.4. The van der Waals surface area contributed by atoms with Crippen molar-refractivity contribution in [2.45, 2.75) is 32.4 Å². The summed E-state index contributed by atoms with van der Waals surface area (Å²) in [6.45, 7) is 2.78. The molecule has 0 aromatic heterocycles. The minimum Gasteiger partial charge on any atom is -0.481 e. The van der Waals surface area contributed by atoms with Gasteiger partial charge in [-0.1, -0.05) is 13.8 Å². The highest BCUT2D eigenvalue weighted by molar-refractivity contribution is 5.90. The van der Waals surface area contributed by atoms with Gasteiger partial charge < -0.3 is 26.6 Å². The predicted molar refractivity (Wildman–Crippen MR) is 67.6 cm³/mol. The van der Waals surface area contributed by atoms with Gasteiger partial charge >= 0.3 is 11.9 Å². The van der Waals surface area contributed by atoms with Crippen molar-refractivity contribution in [1.82, 2.24) is 10.6 Å². The van der Waals surface area contributed by atoms with E-state index >= 15 is 0 Å². The molecule has 114 valence electrons. The molecule has 0 aliphatic heterocycles. The summed E-state index contributed by atoms with van der Waals surface area (Å²) >= 11 is 0. The highest BCUT2D eigenvalue weighted by Gasteiger charge is 2.24. The Labute approximate surface area is 115 Å². The molecule has 2 atom stereocenters. The summed E-state index contributed by atoms with van der Waals surface area (Å²) in [6.07, 6.45) is -0.558. The van der Waals surface area contributed by atoms with Gasteiger partial charge in [0.1, 0.15) is 6.04 Å². The number of carbonyl (C=O) groups excluding carboxylic acids is 2. The van der Waals surface area contributed by atoms with Crippen molar-refractivity contribution in [3.05, 3.63) is 0 Å². The summed E-state index contributed by atoms with van der Waals surface area (Å²) in [5.74, 6) is -4.22. The quantitative estimate of drug-likeness (QED) is 0.350. The van der Waals surface area contributed by atoms with E-state index in [1.165, 1.54) is 0 Å². The van der Waals surface area contributed by atoms with Crippen molar-refractivity contribution in [2.24, 2.45) is 11.7 Å². The van der Waals surface area contributed by atoms with Gasteiger partial charge in [0.2, 0.25) is 11.8 Å². The molecule has 0 fully saturated rings. The number of nitrogens with two attached hydrogens (primary N) is 1. The van der Waals surface area contributed by atoms with Gasteiger partial charge in [-0.25, -0.2) is 4.79 Å². The predicted octanol–water partition coefficient (Wildman–Crippen LogP) is -1.87. The molecule has 9 nitrogen and oxygen atoms in total. The maximum Gasteiger partial charge on any atom is 0.326 e. The van der Waals surface area contributed by atoms with Crippen LogP contribution in [0.15, 0.2) is 0 Å². The Morgan fingerprint density at radius 2 is 1.70 bits per heavy atom. The largest absolute Gasteiger partial charge is 0.481 e. The zero-order chi connectivity index (χ0) is 15.9. The summed E-state index contributed by atoms with van der Waals surface area (Å²) in [4.78, 5) is 44.0. The molecular weight excluding hydrogens is 270 g/mol. The number of rotatable bonds is 8. The van der Waals surface area contributed by atoms with Crippen LogP contribution in [0, 0.1) is 5.92 Å². The number of amides is 2. The molecule has 9 heteroatoms. The molecule has 2 unspecified atom stereocenters. The van der Waals surface area contributed by atoms with E-state index in [0.717, 1.165) is 0 Å². The molecule has 0 spiro atoms. The average molecular weight is 289 g/mol. The van der Waals surface area contributed by atoms with Crippen LogP contribution >= 0.6 is 0 Å². The van der Waals surface area contributed by atoms with Gasteiger partial charge in [0.15, 0.2) is 0 Å².